The van der Waals surface area contributed by atoms with E-state index in [0.29, 0.717) is 18.8 Å². The highest BCUT2D eigenvalue weighted by Crippen LogP contribution is 2.22. The van der Waals surface area contributed by atoms with Crippen molar-refractivity contribution in [3.63, 3.8) is 0 Å². The van der Waals surface area contributed by atoms with E-state index in [-0.39, 0.29) is 17.8 Å². The van der Waals surface area contributed by atoms with Crippen LogP contribution in [0.2, 0.25) is 0 Å². The number of carbonyl (C=O) groups is 1. The molecular weight excluding hydrogens is 320 g/mol. The second-order valence-electron chi connectivity index (χ2n) is 5.68. The van der Waals surface area contributed by atoms with Crippen molar-refractivity contribution in [3.05, 3.63) is 69.8 Å². The molecule has 7 heteroatoms. The Kier molecular flexibility index (Phi) is 6.33. The lowest BCUT2D eigenvalue weighted by Gasteiger charge is -2.17. The maximum atomic E-state index is 12.0. The number of benzene rings is 2. The molecule has 132 valence electrons. The van der Waals surface area contributed by atoms with Crippen LogP contribution < -0.4 is 16.0 Å². The first kappa shape index (κ1) is 18.3. The fraction of sp³-hybridized carbons (Fsp3) is 0.278. The Morgan fingerprint density at radius 1 is 1.12 bits per heavy atom. The molecule has 1 atom stereocenters. The first-order valence-electron chi connectivity index (χ1n) is 8.06. The molecule has 0 radical (unpaired) electrons. The molecular formula is C18H22N4O3. The van der Waals surface area contributed by atoms with Gasteiger partial charge in [-0.1, -0.05) is 36.4 Å². The maximum absolute atomic E-state index is 12.0. The highest BCUT2D eigenvalue weighted by atomic mass is 16.6. The van der Waals surface area contributed by atoms with E-state index >= 15 is 0 Å². The standard InChI is InChI=1S/C18H22N4O3/c1-13-7-3-4-8-15(13)14(2)21-18(23)20-12-11-19-16-9-5-6-10-17(16)22(24)25/h3-10,14,19H,11-12H2,1-2H3,(H2,20,21,23)/t14-/m1/s1. The van der Waals surface area contributed by atoms with Crippen molar-refractivity contribution >= 4 is 17.4 Å². The van der Waals surface area contributed by atoms with Gasteiger partial charge in [0.05, 0.1) is 11.0 Å². The van der Waals surface area contributed by atoms with Crippen molar-refractivity contribution in [3.8, 4) is 0 Å². The molecule has 0 heterocycles. The molecule has 0 spiro atoms. The second kappa shape index (κ2) is 8.68. The summed E-state index contributed by atoms with van der Waals surface area (Å²) in [6, 6.07) is 13.9. The Balaban J connectivity index is 1.78. The minimum absolute atomic E-state index is 0.0140. The van der Waals surface area contributed by atoms with Crippen molar-refractivity contribution in [2.24, 2.45) is 0 Å². The number of carbonyl (C=O) groups excluding carboxylic acids is 1. The van der Waals surface area contributed by atoms with Crippen molar-refractivity contribution in [2.45, 2.75) is 19.9 Å². The number of nitrogens with zero attached hydrogens (tertiary/aromatic N) is 1. The molecule has 0 aliphatic carbocycles. The van der Waals surface area contributed by atoms with E-state index in [1.807, 2.05) is 38.1 Å². The van der Waals surface area contributed by atoms with E-state index in [1.54, 1.807) is 18.2 Å². The smallest absolute Gasteiger partial charge is 0.315 e. The quantitative estimate of drug-likeness (QED) is 0.408. The Bertz CT molecular complexity index is 749. The molecule has 7 nitrogen and oxygen atoms in total. The summed E-state index contributed by atoms with van der Waals surface area (Å²) < 4.78 is 0. The number of rotatable bonds is 7. The number of urea groups is 1. The zero-order valence-electron chi connectivity index (χ0n) is 14.3. The molecule has 2 amide bonds. The molecule has 2 aromatic carbocycles. The zero-order chi connectivity index (χ0) is 18.2. The van der Waals surface area contributed by atoms with Gasteiger partial charge in [0.25, 0.3) is 5.69 Å². The lowest BCUT2D eigenvalue weighted by atomic mass is 10.0. The lowest BCUT2D eigenvalue weighted by molar-refractivity contribution is -0.384. The fourth-order valence-electron chi connectivity index (χ4n) is 2.55. The molecule has 2 rings (SSSR count). The first-order chi connectivity index (χ1) is 12.0. The molecule has 3 N–H and O–H groups in total. The summed E-state index contributed by atoms with van der Waals surface area (Å²) in [7, 11) is 0. The Hall–Kier alpha value is -3.09. The minimum Gasteiger partial charge on any atom is -0.378 e. The number of aryl methyl sites for hydroxylation is 1. The van der Waals surface area contributed by atoms with Gasteiger partial charge in [0.15, 0.2) is 0 Å². The third-order valence-electron chi connectivity index (χ3n) is 3.83. The van der Waals surface area contributed by atoms with Crippen LogP contribution in [0, 0.1) is 17.0 Å². The van der Waals surface area contributed by atoms with Gasteiger partial charge in [-0.05, 0) is 31.0 Å². The minimum atomic E-state index is -0.438. The third kappa shape index (κ3) is 5.20. The second-order valence-corrected chi connectivity index (χ2v) is 5.68. The van der Waals surface area contributed by atoms with Crippen molar-refractivity contribution in [1.29, 1.82) is 0 Å². The summed E-state index contributed by atoms with van der Waals surface area (Å²) in [5, 5.41) is 19.5. The van der Waals surface area contributed by atoms with E-state index in [9.17, 15) is 14.9 Å². The van der Waals surface area contributed by atoms with Crippen LogP contribution in [0.4, 0.5) is 16.2 Å². The number of nitro groups is 1. The zero-order valence-corrected chi connectivity index (χ0v) is 14.3. The van der Waals surface area contributed by atoms with E-state index in [4.69, 9.17) is 0 Å². The van der Waals surface area contributed by atoms with Crippen molar-refractivity contribution < 1.29 is 9.72 Å². The molecule has 0 aromatic heterocycles. The third-order valence-corrected chi connectivity index (χ3v) is 3.83. The van der Waals surface area contributed by atoms with Crippen LogP contribution in [-0.2, 0) is 0 Å². The van der Waals surface area contributed by atoms with Gasteiger partial charge in [-0.2, -0.15) is 0 Å². The molecule has 0 fully saturated rings. The molecule has 25 heavy (non-hydrogen) atoms. The van der Waals surface area contributed by atoms with Gasteiger partial charge < -0.3 is 16.0 Å². The average Bonchev–Trinajstić information content (AvgIpc) is 2.59. The van der Waals surface area contributed by atoms with Gasteiger partial charge >= 0.3 is 6.03 Å². The lowest BCUT2D eigenvalue weighted by Crippen LogP contribution is -2.39. The SMILES string of the molecule is Cc1ccccc1[C@@H](C)NC(=O)NCCNc1ccccc1[N+](=O)[O-]. The summed E-state index contributed by atoms with van der Waals surface area (Å²) in [6.45, 7) is 4.66. The Morgan fingerprint density at radius 3 is 2.52 bits per heavy atom. The molecule has 0 aliphatic rings. The molecule has 2 aromatic rings. The highest BCUT2D eigenvalue weighted by molar-refractivity contribution is 5.74. The first-order valence-corrected chi connectivity index (χ1v) is 8.06. The summed E-state index contributed by atoms with van der Waals surface area (Å²) in [5.74, 6) is 0. The number of nitro benzene ring substituents is 1. The van der Waals surface area contributed by atoms with Gasteiger partial charge in [-0.25, -0.2) is 4.79 Å². The molecule has 0 saturated carbocycles. The maximum Gasteiger partial charge on any atom is 0.315 e. The highest BCUT2D eigenvalue weighted by Gasteiger charge is 2.12. The van der Waals surface area contributed by atoms with E-state index in [1.165, 1.54) is 6.07 Å². The number of nitrogens with one attached hydrogen (secondary N) is 3. The van der Waals surface area contributed by atoms with E-state index in [0.717, 1.165) is 11.1 Å². The Morgan fingerprint density at radius 2 is 1.80 bits per heavy atom. The van der Waals surface area contributed by atoms with Crippen LogP contribution in [-0.4, -0.2) is 24.0 Å². The van der Waals surface area contributed by atoms with E-state index < -0.39 is 4.92 Å². The summed E-state index contributed by atoms with van der Waals surface area (Å²) in [4.78, 5) is 22.5. The number of amides is 2. The van der Waals surface area contributed by atoms with Gasteiger partial charge in [0.2, 0.25) is 0 Å². The van der Waals surface area contributed by atoms with Gasteiger partial charge in [-0.15, -0.1) is 0 Å². The predicted octanol–water partition coefficient (Wildman–Crippen LogP) is 3.38. The monoisotopic (exact) mass is 342 g/mol. The molecule has 0 unspecified atom stereocenters. The number of hydrogen-bond donors (Lipinski definition) is 3. The normalized spacial score (nSPS) is 11.4. The number of para-hydroxylation sites is 2. The van der Waals surface area contributed by atoms with Crippen molar-refractivity contribution in [2.75, 3.05) is 18.4 Å². The summed E-state index contributed by atoms with van der Waals surface area (Å²) in [6.07, 6.45) is 0. The number of hydrogen-bond acceptors (Lipinski definition) is 4. The summed E-state index contributed by atoms with van der Waals surface area (Å²) in [5.41, 5.74) is 2.63. The van der Waals surface area contributed by atoms with Crippen LogP contribution in [0.15, 0.2) is 48.5 Å². The largest absolute Gasteiger partial charge is 0.378 e. The molecule has 0 aliphatic heterocycles. The van der Waals surface area contributed by atoms with Crippen LogP contribution >= 0.6 is 0 Å². The van der Waals surface area contributed by atoms with Crippen LogP contribution in [0.5, 0.6) is 0 Å². The van der Waals surface area contributed by atoms with Crippen LogP contribution in [0.25, 0.3) is 0 Å². The topological polar surface area (TPSA) is 96.3 Å². The van der Waals surface area contributed by atoms with Crippen LogP contribution in [0.1, 0.15) is 24.1 Å². The van der Waals surface area contributed by atoms with Crippen LogP contribution in [0.3, 0.4) is 0 Å². The average molecular weight is 342 g/mol. The predicted molar refractivity (Wildman–Crippen MR) is 97.7 cm³/mol. The van der Waals surface area contributed by atoms with Gasteiger partial charge in [0.1, 0.15) is 5.69 Å². The van der Waals surface area contributed by atoms with E-state index in [2.05, 4.69) is 16.0 Å². The van der Waals surface area contributed by atoms with Crippen molar-refractivity contribution in [1.82, 2.24) is 10.6 Å². The number of anilines is 1. The molecule has 0 bridgehead atoms. The molecule has 0 saturated heterocycles. The van der Waals surface area contributed by atoms with Gasteiger partial charge in [0, 0.05) is 19.2 Å². The Labute approximate surface area is 146 Å². The van der Waals surface area contributed by atoms with Gasteiger partial charge in [-0.3, -0.25) is 10.1 Å². The summed E-state index contributed by atoms with van der Waals surface area (Å²) >= 11 is 0. The fourth-order valence-corrected chi connectivity index (χ4v) is 2.55.